The number of benzene rings is 2. The minimum absolute atomic E-state index is 0.0638. The van der Waals surface area contributed by atoms with Crippen LogP contribution in [0, 0.1) is 5.82 Å². The van der Waals surface area contributed by atoms with Crippen molar-refractivity contribution < 1.29 is 13.9 Å². The van der Waals surface area contributed by atoms with Crippen molar-refractivity contribution >= 4 is 11.7 Å². The Morgan fingerprint density at radius 3 is 2.82 bits per heavy atom. The number of piperidine rings is 1. The minimum atomic E-state index is -0.357. The molecule has 34 heavy (non-hydrogen) atoms. The van der Waals surface area contributed by atoms with E-state index < -0.39 is 0 Å². The molecule has 0 unspecified atom stereocenters. The lowest BCUT2D eigenvalue weighted by atomic mass is 9.91. The lowest BCUT2D eigenvalue weighted by Crippen LogP contribution is -2.38. The van der Waals surface area contributed by atoms with Gasteiger partial charge in [-0.2, -0.15) is 10.2 Å². The fraction of sp³-hybridized carbons (Fsp3) is 0.240. The van der Waals surface area contributed by atoms with Crippen LogP contribution in [0.4, 0.5) is 4.39 Å². The topological polar surface area (TPSA) is 97.8 Å². The molecular weight excluding hydrogens is 435 g/mol. The molecule has 1 fully saturated rings. The van der Waals surface area contributed by atoms with Crippen LogP contribution in [0.5, 0.6) is 11.5 Å². The number of carbonyl (C=O) groups is 1. The van der Waals surface area contributed by atoms with Gasteiger partial charge in [-0.25, -0.2) is 9.07 Å². The Labute approximate surface area is 196 Å². The van der Waals surface area contributed by atoms with Crippen LogP contribution < -0.4 is 15.9 Å². The molecule has 3 heterocycles. The van der Waals surface area contributed by atoms with E-state index in [1.165, 1.54) is 18.2 Å². The summed E-state index contributed by atoms with van der Waals surface area (Å²) in [7, 11) is 0. The van der Waals surface area contributed by atoms with Crippen LogP contribution in [0.25, 0.3) is 5.69 Å². The van der Waals surface area contributed by atoms with Gasteiger partial charge in [-0.3, -0.25) is 4.79 Å². The first-order chi connectivity index (χ1) is 16.5. The molecule has 174 valence electrons. The zero-order valence-electron chi connectivity index (χ0n) is 18.6. The second-order valence-corrected chi connectivity index (χ2v) is 8.34. The van der Waals surface area contributed by atoms with Crippen molar-refractivity contribution in [1.29, 1.82) is 0 Å². The van der Waals surface area contributed by atoms with Gasteiger partial charge >= 0.3 is 0 Å². The molecule has 2 aliphatic heterocycles. The van der Waals surface area contributed by atoms with Gasteiger partial charge in [0.25, 0.3) is 0 Å². The Morgan fingerprint density at radius 2 is 2.06 bits per heavy atom. The molecule has 0 spiro atoms. The molecule has 9 heteroatoms. The van der Waals surface area contributed by atoms with Gasteiger partial charge in [0.2, 0.25) is 5.91 Å². The van der Waals surface area contributed by atoms with Gasteiger partial charge < -0.3 is 20.8 Å². The molecule has 5 rings (SSSR count). The number of nitrogens with zero attached hydrogens (tertiary/aromatic N) is 4. The van der Waals surface area contributed by atoms with Crippen molar-refractivity contribution in [1.82, 2.24) is 20.1 Å². The molecular formula is C25H25FN6O2. The van der Waals surface area contributed by atoms with Gasteiger partial charge in [0.05, 0.1) is 17.9 Å². The predicted octanol–water partition coefficient (Wildman–Crippen LogP) is 3.42. The number of amidine groups is 1. The van der Waals surface area contributed by atoms with Crippen LogP contribution in [0.15, 0.2) is 66.3 Å². The highest BCUT2D eigenvalue weighted by molar-refractivity contribution is 5.98. The average Bonchev–Trinajstić information content (AvgIpc) is 3.25. The Hall–Kier alpha value is -4.14. The fourth-order valence-corrected chi connectivity index (χ4v) is 4.53. The molecule has 1 aromatic heterocycles. The third kappa shape index (κ3) is 4.12. The van der Waals surface area contributed by atoms with Crippen LogP contribution in [0.1, 0.15) is 35.7 Å². The van der Waals surface area contributed by atoms with Crippen molar-refractivity contribution in [2.24, 2.45) is 10.8 Å². The second kappa shape index (κ2) is 9.01. The number of nitrogens with one attached hydrogen (secondary N) is 1. The second-order valence-electron chi connectivity index (χ2n) is 8.34. The maximum atomic E-state index is 13.5. The summed E-state index contributed by atoms with van der Waals surface area (Å²) in [6.07, 6.45) is 3.19. The summed E-state index contributed by atoms with van der Waals surface area (Å²) in [6.45, 7) is 5.44. The number of aromatic nitrogens is 2. The summed E-state index contributed by atoms with van der Waals surface area (Å²) in [5, 5.41) is 9.14. The first-order valence-electron chi connectivity index (χ1n) is 11.2. The zero-order valence-corrected chi connectivity index (χ0v) is 18.6. The number of likely N-dealkylation sites (tertiary alicyclic amines) is 1. The number of halogens is 1. The lowest BCUT2D eigenvalue weighted by molar-refractivity contribution is -0.127. The van der Waals surface area contributed by atoms with E-state index in [0.29, 0.717) is 30.4 Å². The van der Waals surface area contributed by atoms with Crippen LogP contribution in [0.2, 0.25) is 0 Å². The molecule has 0 radical (unpaired) electrons. The van der Waals surface area contributed by atoms with E-state index in [1.54, 1.807) is 28.9 Å². The van der Waals surface area contributed by atoms with E-state index in [9.17, 15) is 9.18 Å². The van der Waals surface area contributed by atoms with Gasteiger partial charge in [-0.05, 0) is 55.3 Å². The zero-order chi connectivity index (χ0) is 23.7. The molecule has 2 aromatic carbocycles. The summed E-state index contributed by atoms with van der Waals surface area (Å²) in [6, 6.07) is 13.3. The summed E-state index contributed by atoms with van der Waals surface area (Å²) in [4.78, 5) is 14.0. The number of amides is 1. The molecule has 8 nitrogen and oxygen atoms in total. The fourth-order valence-electron chi connectivity index (χ4n) is 4.53. The normalized spacial score (nSPS) is 17.4. The number of rotatable bonds is 5. The molecule has 1 atom stereocenters. The van der Waals surface area contributed by atoms with E-state index in [1.807, 2.05) is 17.0 Å². The summed E-state index contributed by atoms with van der Waals surface area (Å²) < 4.78 is 21.0. The molecule has 3 aromatic rings. The summed E-state index contributed by atoms with van der Waals surface area (Å²) >= 11 is 0. The number of hydrogen-bond donors (Lipinski definition) is 2. The van der Waals surface area contributed by atoms with E-state index in [4.69, 9.17) is 15.6 Å². The van der Waals surface area contributed by atoms with Crippen molar-refractivity contribution in [2.45, 2.75) is 25.3 Å². The Balaban J connectivity index is 1.46. The number of ether oxygens (including phenoxy) is 1. The van der Waals surface area contributed by atoms with Crippen molar-refractivity contribution in [3.63, 3.8) is 0 Å². The first-order valence-corrected chi connectivity index (χ1v) is 11.2. The minimum Gasteiger partial charge on any atom is -0.457 e. The smallest absolute Gasteiger partial charge is 0.245 e. The maximum Gasteiger partial charge on any atom is 0.245 e. The largest absolute Gasteiger partial charge is 0.457 e. The maximum absolute atomic E-state index is 13.5. The summed E-state index contributed by atoms with van der Waals surface area (Å²) in [5.74, 6) is 1.02. The highest BCUT2D eigenvalue weighted by Crippen LogP contribution is 2.33. The molecule has 1 saturated heterocycles. The predicted molar refractivity (Wildman–Crippen MR) is 126 cm³/mol. The number of hydrogen-bond acceptors (Lipinski definition) is 6. The van der Waals surface area contributed by atoms with Crippen molar-refractivity contribution in [3.8, 4) is 17.2 Å². The highest BCUT2D eigenvalue weighted by Gasteiger charge is 2.32. The van der Waals surface area contributed by atoms with Crippen LogP contribution in [-0.2, 0) is 11.3 Å². The van der Waals surface area contributed by atoms with E-state index in [2.05, 4.69) is 17.1 Å². The number of nitrogens with two attached hydrogens (primary N) is 1. The van der Waals surface area contributed by atoms with Gasteiger partial charge in [0, 0.05) is 30.6 Å². The van der Waals surface area contributed by atoms with E-state index in [0.717, 1.165) is 42.0 Å². The number of carbonyl (C=O) groups excluding carboxylic acids is 1. The van der Waals surface area contributed by atoms with Crippen LogP contribution in [-0.4, -0.2) is 39.5 Å². The SMILES string of the molecule is C=CC(=O)N1CCC[C@H](c2nn(-c3ccc(Oc4cccc(F)c4)cc3)c3c2CNN=C3N)C1. The van der Waals surface area contributed by atoms with Gasteiger partial charge in [0.1, 0.15) is 23.0 Å². The average molecular weight is 461 g/mol. The van der Waals surface area contributed by atoms with Gasteiger partial charge in [-0.1, -0.05) is 12.6 Å². The molecule has 0 saturated carbocycles. The van der Waals surface area contributed by atoms with Crippen LogP contribution >= 0.6 is 0 Å². The summed E-state index contributed by atoms with van der Waals surface area (Å²) in [5.41, 5.74) is 12.7. The van der Waals surface area contributed by atoms with E-state index in [-0.39, 0.29) is 17.6 Å². The Bertz CT molecular complexity index is 1270. The quantitative estimate of drug-likeness (QED) is 0.569. The Morgan fingerprint density at radius 1 is 1.24 bits per heavy atom. The lowest BCUT2D eigenvalue weighted by Gasteiger charge is -2.31. The standard InChI is InChI=1S/C25H25FN6O2/c1-2-22(33)31-12-4-5-16(15-31)23-21-14-28-29-25(27)24(21)32(30-23)18-8-10-19(11-9-18)34-20-7-3-6-17(26)13-20/h2-3,6-11,13,16,28H,1,4-5,12,14-15H2,(H2,27,29)/t16-/m0/s1. The molecule has 1 amide bonds. The molecule has 3 N–H and O–H groups in total. The van der Waals surface area contributed by atoms with Gasteiger partial charge in [0.15, 0.2) is 5.84 Å². The number of fused-ring (bicyclic) bond motifs is 1. The third-order valence-corrected chi connectivity index (χ3v) is 6.12. The monoisotopic (exact) mass is 460 g/mol. The molecule has 0 aliphatic carbocycles. The number of hydrazone groups is 1. The van der Waals surface area contributed by atoms with E-state index >= 15 is 0 Å². The Kier molecular flexibility index (Phi) is 5.75. The highest BCUT2D eigenvalue weighted by atomic mass is 19.1. The van der Waals surface area contributed by atoms with Crippen molar-refractivity contribution in [3.05, 3.63) is 84.0 Å². The third-order valence-electron chi connectivity index (χ3n) is 6.12. The van der Waals surface area contributed by atoms with Gasteiger partial charge in [-0.15, -0.1) is 0 Å². The van der Waals surface area contributed by atoms with Crippen LogP contribution in [0.3, 0.4) is 0 Å². The first kappa shape index (κ1) is 21.7. The molecule has 0 bridgehead atoms. The molecule has 2 aliphatic rings. The van der Waals surface area contributed by atoms with Crippen molar-refractivity contribution in [2.75, 3.05) is 13.1 Å².